The average Bonchev–Trinajstić information content (AvgIpc) is 3.00. The van der Waals surface area contributed by atoms with Crippen molar-refractivity contribution in [3.8, 4) is 11.5 Å². The Hall–Kier alpha value is -2.46. The lowest BCUT2D eigenvalue weighted by molar-refractivity contribution is 0.340. The number of ether oxygens (including phenoxy) is 2. The fraction of sp³-hybridized carbons (Fsp3) is 0.300. The van der Waals surface area contributed by atoms with Crippen LogP contribution in [0.15, 0.2) is 42.5 Å². The summed E-state index contributed by atoms with van der Waals surface area (Å²) in [5, 5.41) is 4.89. The minimum Gasteiger partial charge on any atom is -0.497 e. The summed E-state index contributed by atoms with van der Waals surface area (Å²) in [4.78, 5) is 3.61. The molecule has 0 radical (unpaired) electrons. The van der Waals surface area contributed by atoms with Crippen molar-refractivity contribution >= 4 is 10.9 Å². The first-order chi connectivity index (χ1) is 11.8. The molecule has 0 aliphatic carbocycles. The predicted octanol–water partition coefficient (Wildman–Crippen LogP) is 3.81. The van der Waals surface area contributed by atoms with Crippen molar-refractivity contribution in [2.75, 3.05) is 20.3 Å². The summed E-state index contributed by atoms with van der Waals surface area (Å²) in [5.41, 5.74) is 5.02. The highest BCUT2D eigenvalue weighted by Gasteiger charge is 2.25. The number of hydrogen-bond donors (Lipinski definition) is 2. The normalized spacial score (nSPS) is 16.8. The standard InChI is InChI=1S/C20H22N2O2/c1-3-24-15-7-8-18-17(12-15)16-9-10-21-19(20(16)22-18)13-5-4-6-14(11-13)23-2/h4-8,11-12,19,21-22H,3,9-10H2,1-2H3. The van der Waals surface area contributed by atoms with Gasteiger partial charge in [0.05, 0.1) is 19.8 Å². The fourth-order valence-corrected chi connectivity index (χ4v) is 3.57. The molecule has 0 bridgehead atoms. The number of aromatic amines is 1. The highest BCUT2D eigenvalue weighted by molar-refractivity contribution is 5.86. The molecule has 3 aromatic rings. The van der Waals surface area contributed by atoms with Crippen LogP contribution in [-0.2, 0) is 6.42 Å². The molecule has 4 nitrogen and oxygen atoms in total. The van der Waals surface area contributed by atoms with Gasteiger partial charge in [0.15, 0.2) is 0 Å². The van der Waals surface area contributed by atoms with Crippen LogP contribution in [0.1, 0.15) is 29.8 Å². The van der Waals surface area contributed by atoms with E-state index in [4.69, 9.17) is 9.47 Å². The van der Waals surface area contributed by atoms with Gasteiger partial charge in [-0.3, -0.25) is 0 Å². The molecule has 1 atom stereocenters. The molecule has 2 N–H and O–H groups in total. The summed E-state index contributed by atoms with van der Waals surface area (Å²) < 4.78 is 11.1. The van der Waals surface area contributed by atoms with Crippen LogP contribution >= 0.6 is 0 Å². The van der Waals surface area contributed by atoms with E-state index in [2.05, 4.69) is 34.6 Å². The average molecular weight is 322 g/mol. The maximum atomic E-state index is 5.67. The van der Waals surface area contributed by atoms with E-state index in [-0.39, 0.29) is 6.04 Å². The third-order valence-electron chi connectivity index (χ3n) is 4.66. The smallest absolute Gasteiger partial charge is 0.120 e. The molecule has 0 saturated heterocycles. The Bertz CT molecular complexity index is 869. The molecule has 2 heterocycles. The molecule has 4 rings (SSSR count). The molecule has 0 amide bonds. The quantitative estimate of drug-likeness (QED) is 0.768. The number of aromatic nitrogens is 1. The van der Waals surface area contributed by atoms with Crippen LogP contribution in [0.4, 0.5) is 0 Å². The van der Waals surface area contributed by atoms with E-state index in [0.29, 0.717) is 6.61 Å². The molecule has 0 saturated carbocycles. The number of H-pyrrole nitrogens is 1. The zero-order valence-electron chi connectivity index (χ0n) is 14.1. The molecule has 2 aromatic carbocycles. The molecular weight excluding hydrogens is 300 g/mol. The number of methoxy groups -OCH3 is 1. The van der Waals surface area contributed by atoms with Gasteiger partial charge in [0.1, 0.15) is 11.5 Å². The van der Waals surface area contributed by atoms with Gasteiger partial charge in [-0.25, -0.2) is 0 Å². The van der Waals surface area contributed by atoms with Crippen LogP contribution in [0, 0.1) is 0 Å². The topological polar surface area (TPSA) is 46.3 Å². The van der Waals surface area contributed by atoms with E-state index in [0.717, 1.165) is 24.5 Å². The predicted molar refractivity (Wildman–Crippen MR) is 96.0 cm³/mol. The first-order valence-corrected chi connectivity index (χ1v) is 8.44. The molecule has 1 aliphatic heterocycles. The molecule has 124 valence electrons. The maximum absolute atomic E-state index is 5.67. The number of nitrogens with one attached hydrogen (secondary N) is 2. The van der Waals surface area contributed by atoms with Crippen molar-refractivity contribution in [3.05, 3.63) is 59.3 Å². The lowest BCUT2D eigenvalue weighted by Crippen LogP contribution is -2.30. The van der Waals surface area contributed by atoms with Crippen LogP contribution in [0.3, 0.4) is 0 Å². The van der Waals surface area contributed by atoms with Crippen molar-refractivity contribution in [2.45, 2.75) is 19.4 Å². The largest absolute Gasteiger partial charge is 0.497 e. The van der Waals surface area contributed by atoms with Gasteiger partial charge in [-0.05, 0) is 54.8 Å². The second-order valence-corrected chi connectivity index (χ2v) is 6.07. The minimum absolute atomic E-state index is 0.159. The monoisotopic (exact) mass is 322 g/mol. The van der Waals surface area contributed by atoms with Gasteiger partial charge in [-0.2, -0.15) is 0 Å². The third-order valence-corrected chi connectivity index (χ3v) is 4.66. The zero-order chi connectivity index (χ0) is 16.5. The van der Waals surface area contributed by atoms with Gasteiger partial charge in [0.25, 0.3) is 0 Å². The molecular formula is C20H22N2O2. The Labute approximate surface area is 141 Å². The summed E-state index contributed by atoms with van der Waals surface area (Å²) in [6.07, 6.45) is 1.02. The molecule has 0 spiro atoms. The number of rotatable bonds is 4. The van der Waals surface area contributed by atoms with Crippen LogP contribution in [0.25, 0.3) is 10.9 Å². The van der Waals surface area contributed by atoms with Gasteiger partial charge in [0.2, 0.25) is 0 Å². The van der Waals surface area contributed by atoms with Gasteiger partial charge in [-0.1, -0.05) is 12.1 Å². The van der Waals surface area contributed by atoms with Crippen molar-refractivity contribution < 1.29 is 9.47 Å². The van der Waals surface area contributed by atoms with Crippen molar-refractivity contribution in [2.24, 2.45) is 0 Å². The van der Waals surface area contributed by atoms with Gasteiger partial charge < -0.3 is 19.8 Å². The highest BCUT2D eigenvalue weighted by atomic mass is 16.5. The highest BCUT2D eigenvalue weighted by Crippen LogP contribution is 2.35. The fourth-order valence-electron chi connectivity index (χ4n) is 3.57. The van der Waals surface area contributed by atoms with E-state index in [1.807, 2.05) is 25.1 Å². The molecule has 1 aliphatic rings. The van der Waals surface area contributed by atoms with E-state index >= 15 is 0 Å². The summed E-state index contributed by atoms with van der Waals surface area (Å²) in [7, 11) is 1.71. The second kappa shape index (κ2) is 6.21. The molecule has 4 heteroatoms. The Kier molecular flexibility index (Phi) is 3.90. The number of benzene rings is 2. The lowest BCUT2D eigenvalue weighted by atomic mass is 9.94. The zero-order valence-corrected chi connectivity index (χ0v) is 14.1. The first kappa shape index (κ1) is 15.1. The lowest BCUT2D eigenvalue weighted by Gasteiger charge is -2.25. The third kappa shape index (κ3) is 2.53. The van der Waals surface area contributed by atoms with Crippen LogP contribution in [0.2, 0.25) is 0 Å². The van der Waals surface area contributed by atoms with Crippen LogP contribution < -0.4 is 14.8 Å². The molecule has 1 unspecified atom stereocenters. The number of hydrogen-bond acceptors (Lipinski definition) is 3. The second-order valence-electron chi connectivity index (χ2n) is 6.07. The first-order valence-electron chi connectivity index (χ1n) is 8.44. The van der Waals surface area contributed by atoms with Gasteiger partial charge >= 0.3 is 0 Å². The van der Waals surface area contributed by atoms with E-state index in [1.165, 1.54) is 27.7 Å². The number of fused-ring (bicyclic) bond motifs is 3. The SMILES string of the molecule is CCOc1ccc2[nH]c3c(c2c1)CCNC3c1cccc(OC)c1. The van der Waals surface area contributed by atoms with Crippen LogP contribution in [-0.4, -0.2) is 25.2 Å². The van der Waals surface area contributed by atoms with E-state index in [1.54, 1.807) is 7.11 Å². The summed E-state index contributed by atoms with van der Waals surface area (Å²) in [6.45, 7) is 3.66. The summed E-state index contributed by atoms with van der Waals surface area (Å²) in [5.74, 6) is 1.82. The Morgan fingerprint density at radius 1 is 1.12 bits per heavy atom. The van der Waals surface area contributed by atoms with Gasteiger partial charge in [-0.15, -0.1) is 0 Å². The van der Waals surface area contributed by atoms with E-state index < -0.39 is 0 Å². The van der Waals surface area contributed by atoms with E-state index in [9.17, 15) is 0 Å². The van der Waals surface area contributed by atoms with Crippen molar-refractivity contribution in [3.63, 3.8) is 0 Å². The maximum Gasteiger partial charge on any atom is 0.120 e. The summed E-state index contributed by atoms with van der Waals surface area (Å²) >= 11 is 0. The molecule has 1 aromatic heterocycles. The van der Waals surface area contributed by atoms with Crippen molar-refractivity contribution in [1.82, 2.24) is 10.3 Å². The Morgan fingerprint density at radius 3 is 2.88 bits per heavy atom. The molecule has 0 fully saturated rings. The van der Waals surface area contributed by atoms with Crippen LogP contribution in [0.5, 0.6) is 11.5 Å². The Balaban J connectivity index is 1.80. The van der Waals surface area contributed by atoms with Gasteiger partial charge in [0, 0.05) is 23.1 Å². The molecule has 24 heavy (non-hydrogen) atoms. The van der Waals surface area contributed by atoms with Crippen molar-refractivity contribution in [1.29, 1.82) is 0 Å². The Morgan fingerprint density at radius 2 is 2.04 bits per heavy atom. The minimum atomic E-state index is 0.159. The summed E-state index contributed by atoms with van der Waals surface area (Å²) in [6, 6.07) is 14.7.